The first-order valence-electron chi connectivity index (χ1n) is 6.33. The van der Waals surface area contributed by atoms with Gasteiger partial charge in [0.05, 0.1) is 0 Å². The van der Waals surface area contributed by atoms with Gasteiger partial charge in [-0.25, -0.2) is 4.79 Å². The molecule has 2 amide bonds. The molecule has 0 aromatic heterocycles. The molecule has 0 atom stereocenters. The Kier molecular flexibility index (Phi) is 4.57. The van der Waals surface area contributed by atoms with E-state index in [-0.39, 0.29) is 11.8 Å². The van der Waals surface area contributed by atoms with Gasteiger partial charge in [0.2, 0.25) is 0 Å². The molecule has 2 rings (SSSR count). The number of benzene rings is 2. The molecule has 2 aromatic carbocycles. The summed E-state index contributed by atoms with van der Waals surface area (Å²) < 4.78 is 0. The van der Waals surface area contributed by atoms with Crippen LogP contribution in [0.5, 0.6) is 5.75 Å². The number of phenols is 1. The van der Waals surface area contributed by atoms with Crippen LogP contribution in [0.25, 0.3) is 0 Å². The van der Waals surface area contributed by atoms with Crippen LogP contribution in [0.15, 0.2) is 48.5 Å². The van der Waals surface area contributed by atoms with E-state index in [4.69, 9.17) is 10.8 Å². The first kappa shape index (κ1) is 13.9. The Morgan fingerprint density at radius 1 is 0.950 bits per heavy atom. The van der Waals surface area contributed by atoms with Gasteiger partial charge in [-0.1, -0.05) is 12.1 Å². The number of hydrogen-bond acceptors (Lipinski definition) is 3. The van der Waals surface area contributed by atoms with Gasteiger partial charge in [0.15, 0.2) is 0 Å². The van der Waals surface area contributed by atoms with E-state index in [1.54, 1.807) is 12.1 Å². The lowest BCUT2D eigenvalue weighted by molar-refractivity contribution is 0.262. The second kappa shape index (κ2) is 6.58. The third-order valence-corrected chi connectivity index (χ3v) is 2.77. The van der Waals surface area contributed by atoms with E-state index < -0.39 is 0 Å². The Labute approximate surface area is 117 Å². The molecule has 0 saturated carbocycles. The number of nitrogens with two attached hydrogens (primary N) is 1. The topological polar surface area (TPSA) is 87.4 Å². The predicted octanol–water partition coefficient (Wildman–Crippen LogP) is 2.54. The van der Waals surface area contributed by atoms with Crippen molar-refractivity contribution in [3.8, 4) is 5.75 Å². The lowest BCUT2D eigenvalue weighted by Gasteiger charge is -2.08. The summed E-state index contributed by atoms with van der Waals surface area (Å²) in [5.74, 6) is 0.159. The number of hydrogen-bond donors (Lipinski definition) is 4. The molecule has 0 spiro atoms. The minimum Gasteiger partial charge on any atom is -0.508 e. The van der Waals surface area contributed by atoms with Crippen molar-refractivity contribution in [2.24, 2.45) is 5.73 Å². The zero-order chi connectivity index (χ0) is 14.4. The van der Waals surface area contributed by atoms with Crippen molar-refractivity contribution in [1.29, 1.82) is 0 Å². The molecule has 5 heteroatoms. The van der Waals surface area contributed by atoms with E-state index in [0.717, 1.165) is 12.0 Å². The number of aromatic hydroxyl groups is 1. The van der Waals surface area contributed by atoms with Gasteiger partial charge in [0.1, 0.15) is 5.75 Å². The number of urea groups is 1. The number of rotatable bonds is 4. The van der Waals surface area contributed by atoms with Crippen molar-refractivity contribution in [3.63, 3.8) is 0 Å². The summed E-state index contributed by atoms with van der Waals surface area (Å²) >= 11 is 0. The number of carbonyl (C=O) groups excluding carboxylic acids is 1. The molecule has 0 bridgehead atoms. The molecule has 5 N–H and O–H groups in total. The van der Waals surface area contributed by atoms with Gasteiger partial charge in [0.25, 0.3) is 0 Å². The summed E-state index contributed by atoms with van der Waals surface area (Å²) in [7, 11) is 0. The summed E-state index contributed by atoms with van der Waals surface area (Å²) in [5.41, 5.74) is 7.94. The van der Waals surface area contributed by atoms with Crippen LogP contribution in [-0.2, 0) is 6.42 Å². The Morgan fingerprint density at radius 2 is 1.45 bits per heavy atom. The van der Waals surface area contributed by atoms with Crippen LogP contribution < -0.4 is 16.4 Å². The van der Waals surface area contributed by atoms with Crippen LogP contribution in [0, 0.1) is 0 Å². The smallest absolute Gasteiger partial charge is 0.323 e. The first-order valence-corrected chi connectivity index (χ1v) is 6.33. The van der Waals surface area contributed by atoms with E-state index in [9.17, 15) is 4.79 Å². The van der Waals surface area contributed by atoms with Crippen molar-refractivity contribution in [2.45, 2.75) is 6.42 Å². The SMILES string of the molecule is NCCc1ccc(NC(=O)Nc2ccc(O)cc2)cc1. The van der Waals surface area contributed by atoms with Crippen LogP contribution in [0.1, 0.15) is 5.56 Å². The fraction of sp³-hybridized carbons (Fsp3) is 0.133. The number of carbonyl (C=O) groups is 1. The molecule has 0 aliphatic carbocycles. The van der Waals surface area contributed by atoms with Gasteiger partial charge in [-0.3, -0.25) is 0 Å². The standard InChI is InChI=1S/C15H17N3O2/c16-10-9-11-1-3-12(4-2-11)17-15(20)18-13-5-7-14(19)8-6-13/h1-8,19H,9-10,16H2,(H2,17,18,20). The fourth-order valence-electron chi connectivity index (χ4n) is 1.76. The molecule has 0 saturated heterocycles. The maximum absolute atomic E-state index is 11.8. The average Bonchev–Trinajstić information content (AvgIpc) is 2.44. The summed E-state index contributed by atoms with van der Waals surface area (Å²) in [6.07, 6.45) is 0.819. The molecule has 20 heavy (non-hydrogen) atoms. The predicted molar refractivity (Wildman–Crippen MR) is 79.9 cm³/mol. The molecule has 0 radical (unpaired) electrons. The summed E-state index contributed by atoms with van der Waals surface area (Å²) in [5, 5.41) is 14.6. The van der Waals surface area contributed by atoms with Crippen molar-refractivity contribution >= 4 is 17.4 Å². The minimum absolute atomic E-state index is 0.159. The monoisotopic (exact) mass is 271 g/mol. The van der Waals surface area contributed by atoms with Gasteiger partial charge in [0, 0.05) is 11.4 Å². The van der Waals surface area contributed by atoms with Gasteiger partial charge in [-0.05, 0) is 54.9 Å². The highest BCUT2D eigenvalue weighted by atomic mass is 16.3. The molecule has 5 nitrogen and oxygen atoms in total. The molecular formula is C15H17N3O2. The number of nitrogens with one attached hydrogen (secondary N) is 2. The number of anilines is 2. The van der Waals surface area contributed by atoms with Crippen LogP contribution in [0.3, 0.4) is 0 Å². The van der Waals surface area contributed by atoms with Crippen molar-refractivity contribution in [2.75, 3.05) is 17.2 Å². The highest BCUT2D eigenvalue weighted by molar-refractivity contribution is 5.99. The normalized spacial score (nSPS) is 10.1. The maximum atomic E-state index is 11.8. The molecule has 0 aliphatic rings. The Morgan fingerprint density at radius 3 is 1.95 bits per heavy atom. The van der Waals surface area contributed by atoms with Crippen molar-refractivity contribution < 1.29 is 9.90 Å². The lowest BCUT2D eigenvalue weighted by atomic mass is 10.1. The molecule has 104 valence electrons. The number of phenolic OH excluding ortho intramolecular Hbond substituents is 1. The summed E-state index contributed by atoms with van der Waals surface area (Å²) in [6, 6.07) is 13.5. The quantitative estimate of drug-likeness (QED) is 0.644. The molecule has 0 aliphatic heterocycles. The Bertz CT molecular complexity index is 565. The van der Waals surface area contributed by atoms with E-state index in [2.05, 4.69) is 10.6 Å². The summed E-state index contributed by atoms with van der Waals surface area (Å²) in [4.78, 5) is 11.8. The second-order valence-corrected chi connectivity index (χ2v) is 4.36. The van der Waals surface area contributed by atoms with Gasteiger partial charge < -0.3 is 21.5 Å². The third-order valence-electron chi connectivity index (χ3n) is 2.77. The van der Waals surface area contributed by atoms with Crippen molar-refractivity contribution in [1.82, 2.24) is 0 Å². The van der Waals surface area contributed by atoms with Crippen molar-refractivity contribution in [3.05, 3.63) is 54.1 Å². The zero-order valence-corrected chi connectivity index (χ0v) is 11.0. The Hall–Kier alpha value is -2.53. The molecular weight excluding hydrogens is 254 g/mol. The average molecular weight is 271 g/mol. The van der Waals surface area contributed by atoms with Gasteiger partial charge >= 0.3 is 6.03 Å². The van der Waals surface area contributed by atoms with Crippen LogP contribution in [0.2, 0.25) is 0 Å². The number of amides is 2. The highest BCUT2D eigenvalue weighted by Crippen LogP contribution is 2.15. The summed E-state index contributed by atoms with van der Waals surface area (Å²) in [6.45, 7) is 0.605. The molecule has 0 heterocycles. The van der Waals surface area contributed by atoms with E-state index in [1.807, 2.05) is 24.3 Å². The molecule has 0 fully saturated rings. The van der Waals surface area contributed by atoms with E-state index >= 15 is 0 Å². The van der Waals surface area contributed by atoms with Crippen LogP contribution >= 0.6 is 0 Å². The van der Waals surface area contributed by atoms with Crippen LogP contribution in [0.4, 0.5) is 16.2 Å². The van der Waals surface area contributed by atoms with E-state index in [1.165, 1.54) is 12.1 Å². The third kappa shape index (κ3) is 4.00. The van der Waals surface area contributed by atoms with Gasteiger partial charge in [-0.2, -0.15) is 0 Å². The maximum Gasteiger partial charge on any atom is 0.323 e. The highest BCUT2D eigenvalue weighted by Gasteiger charge is 2.02. The Balaban J connectivity index is 1.92. The first-order chi connectivity index (χ1) is 9.67. The minimum atomic E-state index is -0.331. The van der Waals surface area contributed by atoms with Crippen LogP contribution in [-0.4, -0.2) is 17.7 Å². The molecule has 0 unspecified atom stereocenters. The largest absolute Gasteiger partial charge is 0.508 e. The zero-order valence-electron chi connectivity index (χ0n) is 11.0. The second-order valence-electron chi connectivity index (χ2n) is 4.36. The lowest BCUT2D eigenvalue weighted by Crippen LogP contribution is -2.19. The van der Waals surface area contributed by atoms with Gasteiger partial charge in [-0.15, -0.1) is 0 Å². The van der Waals surface area contributed by atoms with E-state index in [0.29, 0.717) is 17.9 Å². The fourth-order valence-corrected chi connectivity index (χ4v) is 1.76. The molecule has 2 aromatic rings.